The number of halogens is 3. The fraction of sp³-hybridized carbons (Fsp3) is 0.545. The minimum atomic E-state index is -4.18. The van der Waals surface area contributed by atoms with Crippen LogP contribution in [0.15, 0.2) is 17.1 Å². The van der Waals surface area contributed by atoms with Crippen molar-refractivity contribution in [2.24, 2.45) is 5.92 Å². The van der Waals surface area contributed by atoms with Crippen LogP contribution >= 0.6 is 8.20 Å². The van der Waals surface area contributed by atoms with Crippen LogP contribution in [0.1, 0.15) is 25.7 Å². The first-order valence-electron chi connectivity index (χ1n) is 5.10. The molecule has 1 heterocycles. The molecule has 0 saturated heterocycles. The van der Waals surface area contributed by atoms with Crippen molar-refractivity contribution >= 4 is 13.5 Å². The van der Waals surface area contributed by atoms with Crippen LogP contribution in [0.2, 0.25) is 0 Å². The molecule has 1 N–H and O–H groups in total. The summed E-state index contributed by atoms with van der Waals surface area (Å²) in [4.78, 5) is 0. The number of rotatable bonds is 2. The van der Waals surface area contributed by atoms with Crippen LogP contribution < -0.4 is 0 Å². The summed E-state index contributed by atoms with van der Waals surface area (Å²) in [6.07, 6.45) is 1.27. The molecule has 0 atom stereocenters. The van der Waals surface area contributed by atoms with Crippen LogP contribution in [-0.2, 0) is 19.5 Å². The maximum absolute atomic E-state index is 12.4. The van der Waals surface area contributed by atoms with Gasteiger partial charge < -0.3 is 11.2 Å². The van der Waals surface area contributed by atoms with E-state index in [1.165, 1.54) is 6.08 Å². The molecule has 2 rings (SSSR count). The third-order valence-electron chi connectivity index (χ3n) is 2.52. The molecular formula is C11H11F3OPZn-. The van der Waals surface area contributed by atoms with Gasteiger partial charge in [-0.05, 0) is 35.1 Å². The van der Waals surface area contributed by atoms with Gasteiger partial charge in [0.05, 0.1) is 6.42 Å². The van der Waals surface area contributed by atoms with Crippen molar-refractivity contribution in [2.75, 3.05) is 0 Å². The fourth-order valence-electron chi connectivity index (χ4n) is 1.68. The van der Waals surface area contributed by atoms with Gasteiger partial charge in [-0.2, -0.15) is 19.6 Å². The van der Waals surface area contributed by atoms with Crippen molar-refractivity contribution in [1.82, 2.24) is 0 Å². The first-order chi connectivity index (χ1) is 7.46. The molecular weight excluding hydrogens is 301 g/mol. The standard InChI is InChI=1S/C11H11F3OP.Zn/c12-11(13,14)6-8-2-1-3-9(15)16-10(8)7-4-5-7;/h2,7,15H,1,4-6H2;/q-1;. The first kappa shape index (κ1) is 14.9. The Morgan fingerprint density at radius 2 is 2.06 bits per heavy atom. The summed E-state index contributed by atoms with van der Waals surface area (Å²) in [7, 11) is 0.507. The third-order valence-corrected chi connectivity index (χ3v) is 3.78. The SMILES string of the molecule is OC1=[C-]CC=C(CC(F)(F)F)C(C2CC2)=P1.[Zn]. The Hall–Kier alpha value is -0.137. The van der Waals surface area contributed by atoms with Gasteiger partial charge >= 0.3 is 6.18 Å². The second-order valence-corrected chi connectivity index (χ2v) is 5.13. The predicted molar refractivity (Wildman–Crippen MR) is 57.4 cm³/mol. The Labute approximate surface area is 112 Å². The van der Waals surface area contributed by atoms with Crippen molar-refractivity contribution in [3.05, 3.63) is 23.2 Å². The quantitative estimate of drug-likeness (QED) is 0.464. The smallest absolute Gasteiger partial charge is 0.393 e. The summed E-state index contributed by atoms with van der Waals surface area (Å²) in [5.41, 5.74) is 0.392. The van der Waals surface area contributed by atoms with Crippen molar-refractivity contribution in [3.63, 3.8) is 0 Å². The Morgan fingerprint density at radius 1 is 1.41 bits per heavy atom. The first-order valence-corrected chi connectivity index (χ1v) is 5.99. The fourth-order valence-corrected chi connectivity index (χ4v) is 2.84. The summed E-state index contributed by atoms with van der Waals surface area (Å²) < 4.78 is 37.1. The van der Waals surface area contributed by atoms with E-state index in [-0.39, 0.29) is 37.3 Å². The van der Waals surface area contributed by atoms with Gasteiger partial charge in [-0.1, -0.05) is 8.20 Å². The van der Waals surface area contributed by atoms with Gasteiger partial charge in [-0.15, -0.1) is 6.08 Å². The van der Waals surface area contributed by atoms with Gasteiger partial charge in [-0.3, -0.25) is 0 Å². The van der Waals surface area contributed by atoms with E-state index in [9.17, 15) is 18.3 Å². The van der Waals surface area contributed by atoms with Crippen LogP contribution in [0.25, 0.3) is 0 Å². The Balaban J connectivity index is 0.00000144. The third kappa shape index (κ3) is 4.56. The average molecular weight is 313 g/mol. The largest absolute Gasteiger partial charge is 0.540 e. The molecule has 1 fully saturated rings. The summed E-state index contributed by atoms with van der Waals surface area (Å²) >= 11 is 0. The molecule has 0 aromatic carbocycles. The zero-order chi connectivity index (χ0) is 11.8. The number of aliphatic hydroxyl groups excluding tert-OH is 1. The van der Waals surface area contributed by atoms with Gasteiger partial charge in [0, 0.05) is 19.5 Å². The molecule has 0 aromatic heterocycles. The van der Waals surface area contributed by atoms with E-state index >= 15 is 0 Å². The number of allylic oxidation sites excluding steroid dienone is 3. The van der Waals surface area contributed by atoms with Gasteiger partial charge in [-0.25, -0.2) is 0 Å². The van der Waals surface area contributed by atoms with Gasteiger partial charge in [0.15, 0.2) is 0 Å². The number of hydrogen-bond acceptors (Lipinski definition) is 1. The molecule has 1 aliphatic heterocycles. The van der Waals surface area contributed by atoms with Gasteiger partial charge in [0.25, 0.3) is 0 Å². The van der Waals surface area contributed by atoms with Crippen molar-refractivity contribution in [3.8, 4) is 0 Å². The van der Waals surface area contributed by atoms with E-state index < -0.39 is 12.6 Å². The summed E-state index contributed by atoms with van der Waals surface area (Å²) in [6, 6.07) is 0. The Bertz CT molecular complexity index is 381. The number of alkyl halides is 3. The monoisotopic (exact) mass is 311 g/mol. The minimum Gasteiger partial charge on any atom is -0.540 e. The topological polar surface area (TPSA) is 20.2 Å². The molecule has 0 aromatic rings. The van der Waals surface area contributed by atoms with Crippen LogP contribution in [0.3, 0.4) is 0 Å². The van der Waals surface area contributed by atoms with Gasteiger partial charge in [0.2, 0.25) is 0 Å². The second kappa shape index (κ2) is 5.67. The van der Waals surface area contributed by atoms with E-state index in [1.54, 1.807) is 0 Å². The molecule has 1 nitrogen and oxygen atoms in total. The molecule has 17 heavy (non-hydrogen) atoms. The zero-order valence-corrected chi connectivity index (χ0v) is 13.1. The van der Waals surface area contributed by atoms with Crippen molar-refractivity contribution in [2.45, 2.75) is 31.9 Å². The van der Waals surface area contributed by atoms with Crippen LogP contribution in [0.4, 0.5) is 13.2 Å². The van der Waals surface area contributed by atoms with Crippen LogP contribution in [0, 0.1) is 12.0 Å². The maximum atomic E-state index is 12.4. The molecule has 90 valence electrons. The molecule has 1 saturated carbocycles. The van der Waals surface area contributed by atoms with E-state index in [4.69, 9.17) is 0 Å². The average Bonchev–Trinajstić information content (AvgIpc) is 2.91. The Morgan fingerprint density at radius 3 is 2.59 bits per heavy atom. The van der Waals surface area contributed by atoms with E-state index in [1.807, 2.05) is 0 Å². The molecule has 0 radical (unpaired) electrons. The van der Waals surface area contributed by atoms with Crippen LogP contribution in [-0.4, -0.2) is 16.6 Å². The van der Waals surface area contributed by atoms with E-state index in [0.29, 0.717) is 13.8 Å². The summed E-state index contributed by atoms with van der Waals surface area (Å²) in [5, 5.41) is 10.1. The molecule has 0 spiro atoms. The number of hydrogen-bond donors (Lipinski definition) is 1. The zero-order valence-electron chi connectivity index (χ0n) is 9.22. The maximum Gasteiger partial charge on any atom is 0.393 e. The van der Waals surface area contributed by atoms with Crippen molar-refractivity contribution in [1.29, 1.82) is 0 Å². The Kier molecular flexibility index (Phi) is 4.98. The van der Waals surface area contributed by atoms with Crippen LogP contribution in [0.5, 0.6) is 0 Å². The van der Waals surface area contributed by atoms with Gasteiger partial charge in [0.1, 0.15) is 0 Å². The normalized spacial score (nSPS) is 21.7. The molecule has 0 unspecified atom stereocenters. The number of aliphatic hydroxyl groups is 1. The van der Waals surface area contributed by atoms with E-state index in [2.05, 4.69) is 6.08 Å². The summed E-state index contributed by atoms with van der Waals surface area (Å²) in [5.74, 6) is 0.234. The van der Waals surface area contributed by atoms with Crippen molar-refractivity contribution < 1.29 is 37.8 Å². The summed E-state index contributed by atoms with van der Waals surface area (Å²) in [6.45, 7) is 0. The second-order valence-electron chi connectivity index (χ2n) is 4.00. The molecule has 1 aliphatic carbocycles. The van der Waals surface area contributed by atoms with E-state index in [0.717, 1.165) is 18.1 Å². The predicted octanol–water partition coefficient (Wildman–Crippen LogP) is 4.00. The molecule has 6 heteroatoms. The molecule has 0 bridgehead atoms. The molecule has 0 amide bonds. The molecule has 2 aliphatic rings. The minimum absolute atomic E-state index is 0.